The van der Waals surface area contributed by atoms with E-state index in [4.69, 9.17) is 11.6 Å². The summed E-state index contributed by atoms with van der Waals surface area (Å²) in [4.78, 5) is 0.475. The van der Waals surface area contributed by atoms with E-state index in [9.17, 15) is 12.9 Å². The van der Waals surface area contributed by atoms with Gasteiger partial charge in [0.1, 0.15) is 0 Å². The summed E-state index contributed by atoms with van der Waals surface area (Å²) in [5, 5.41) is 0.368. The number of benzene rings is 1. The fraction of sp³-hybridized carbons (Fsp3) is 0.143. The largest absolute Gasteiger partial charge is 0.488 e. The van der Waals surface area contributed by atoms with E-state index in [0.717, 1.165) is 11.8 Å². The number of rotatable bonds is 3. The van der Waals surface area contributed by atoms with Gasteiger partial charge in [-0.2, -0.15) is 11.8 Å². The molecule has 0 heterocycles. The van der Waals surface area contributed by atoms with Crippen LogP contribution >= 0.6 is 23.4 Å². The minimum Gasteiger partial charge on any atom is -0.448 e. The second-order valence-corrected chi connectivity index (χ2v) is 3.92. The second kappa shape index (κ2) is 4.29. The van der Waals surface area contributed by atoms with Crippen LogP contribution in [0.1, 0.15) is 0 Å². The highest BCUT2D eigenvalue weighted by Crippen LogP contribution is 2.29. The first-order valence-electron chi connectivity index (χ1n) is 3.57. The van der Waals surface area contributed by atoms with Gasteiger partial charge in [0, 0.05) is 4.90 Å². The van der Waals surface area contributed by atoms with Gasteiger partial charge in [-0.15, -0.1) is 0 Å². The summed E-state index contributed by atoms with van der Waals surface area (Å²) in [7, 11) is 0. The summed E-state index contributed by atoms with van der Waals surface area (Å²) in [6, 6.07) is 6.50. The average molecular weight is 225 g/mol. The first-order chi connectivity index (χ1) is 5.99. The molecule has 0 aliphatic heterocycles. The third kappa shape index (κ3) is 3.96. The molecule has 72 valence electrons. The predicted molar refractivity (Wildman–Crippen MR) is 51.3 cm³/mol. The molecule has 0 N–H and O–H groups in total. The van der Waals surface area contributed by atoms with Crippen molar-refractivity contribution in [2.24, 2.45) is 0 Å². The fourth-order valence-corrected chi connectivity index (χ4v) is 1.79. The zero-order chi connectivity index (χ0) is 9.90. The minimum atomic E-state index is -4.74. The number of thioether (sulfide) groups is 1. The molecular formula is C7H6BClF3S-. The third-order valence-electron chi connectivity index (χ3n) is 1.26. The molecule has 0 atom stereocenters. The van der Waals surface area contributed by atoms with Gasteiger partial charge >= 0.3 is 6.98 Å². The Labute approximate surface area is 83.5 Å². The Morgan fingerprint density at radius 2 is 1.85 bits per heavy atom. The lowest BCUT2D eigenvalue weighted by molar-refractivity contribution is 0.485. The highest BCUT2D eigenvalue weighted by molar-refractivity contribution is 8.00. The Bertz CT molecular complexity index is 289. The van der Waals surface area contributed by atoms with Crippen molar-refractivity contribution in [3.63, 3.8) is 0 Å². The molecule has 0 amide bonds. The molecule has 0 nitrogen and oxygen atoms in total. The third-order valence-corrected chi connectivity index (χ3v) is 2.92. The summed E-state index contributed by atoms with van der Waals surface area (Å²) in [6.07, 6.45) is 0. The minimum absolute atomic E-state index is 0.368. The van der Waals surface area contributed by atoms with Crippen molar-refractivity contribution in [1.29, 1.82) is 0 Å². The summed E-state index contributed by atoms with van der Waals surface area (Å²) >= 11 is 6.40. The van der Waals surface area contributed by atoms with Gasteiger partial charge in [-0.1, -0.05) is 23.7 Å². The van der Waals surface area contributed by atoms with Crippen molar-refractivity contribution < 1.29 is 12.9 Å². The highest BCUT2D eigenvalue weighted by atomic mass is 35.5. The maximum absolute atomic E-state index is 11.9. The molecule has 1 aromatic rings. The van der Waals surface area contributed by atoms with Gasteiger partial charge in [-0.3, -0.25) is 0 Å². The fourth-order valence-electron chi connectivity index (χ4n) is 0.746. The van der Waals surface area contributed by atoms with Crippen LogP contribution in [0.3, 0.4) is 0 Å². The molecule has 1 aromatic carbocycles. The lowest BCUT2D eigenvalue weighted by atomic mass is 9.98. The molecule has 0 fully saturated rings. The Morgan fingerprint density at radius 1 is 1.23 bits per heavy atom. The topological polar surface area (TPSA) is 0 Å². The van der Waals surface area contributed by atoms with Crippen molar-refractivity contribution >= 4 is 30.3 Å². The van der Waals surface area contributed by atoms with Gasteiger partial charge in [-0.05, 0) is 17.8 Å². The predicted octanol–water partition coefficient (Wildman–Crippen LogP) is 3.82. The van der Waals surface area contributed by atoms with E-state index >= 15 is 0 Å². The molecule has 13 heavy (non-hydrogen) atoms. The Kier molecular flexibility index (Phi) is 3.56. The van der Waals surface area contributed by atoms with Crippen LogP contribution in [0.2, 0.25) is 5.02 Å². The van der Waals surface area contributed by atoms with Crippen LogP contribution in [0.15, 0.2) is 29.2 Å². The molecule has 0 radical (unpaired) electrons. The summed E-state index contributed by atoms with van der Waals surface area (Å²) in [6.45, 7) is -4.74. The molecule has 0 spiro atoms. The van der Waals surface area contributed by atoms with Crippen LogP contribution in [0.25, 0.3) is 0 Å². The normalized spacial score (nSPS) is 11.7. The smallest absolute Gasteiger partial charge is 0.448 e. The van der Waals surface area contributed by atoms with Crippen molar-refractivity contribution in [2.75, 3.05) is 5.65 Å². The Morgan fingerprint density at radius 3 is 2.38 bits per heavy atom. The van der Waals surface area contributed by atoms with Crippen LogP contribution in [0.5, 0.6) is 0 Å². The van der Waals surface area contributed by atoms with Gasteiger partial charge in [0.15, 0.2) is 0 Å². The molecule has 6 heteroatoms. The molecule has 0 aromatic heterocycles. The average Bonchev–Trinajstić information content (AvgIpc) is 2.01. The lowest BCUT2D eigenvalue weighted by Gasteiger charge is -2.12. The van der Waals surface area contributed by atoms with Gasteiger partial charge in [0.2, 0.25) is 0 Å². The van der Waals surface area contributed by atoms with Crippen LogP contribution in [-0.2, 0) is 0 Å². The van der Waals surface area contributed by atoms with Crippen LogP contribution in [0, 0.1) is 0 Å². The van der Waals surface area contributed by atoms with E-state index in [-0.39, 0.29) is 0 Å². The van der Waals surface area contributed by atoms with Crippen LogP contribution < -0.4 is 0 Å². The Balaban J connectivity index is 2.60. The second-order valence-electron chi connectivity index (χ2n) is 2.45. The van der Waals surface area contributed by atoms with E-state index in [2.05, 4.69) is 0 Å². The summed E-state index contributed by atoms with van der Waals surface area (Å²) in [5.74, 6) is 0. The first-order valence-corrected chi connectivity index (χ1v) is 4.94. The number of hydrogen-bond donors (Lipinski definition) is 0. The standard InChI is InChI=1S/C7H6BClF3S/c9-6-3-1-2-4-7(6)13-5-8(10,11)12/h1-4H,5H2/q-1. The van der Waals surface area contributed by atoms with E-state index < -0.39 is 12.6 Å². The summed E-state index contributed by atoms with van der Waals surface area (Å²) < 4.78 is 35.6. The zero-order valence-electron chi connectivity index (χ0n) is 6.51. The lowest BCUT2D eigenvalue weighted by Crippen LogP contribution is -2.18. The van der Waals surface area contributed by atoms with Crippen molar-refractivity contribution in [1.82, 2.24) is 0 Å². The van der Waals surface area contributed by atoms with Gasteiger partial charge < -0.3 is 12.9 Å². The van der Waals surface area contributed by atoms with Crippen molar-refractivity contribution in [2.45, 2.75) is 4.90 Å². The zero-order valence-corrected chi connectivity index (χ0v) is 8.09. The quantitative estimate of drug-likeness (QED) is 0.557. The van der Waals surface area contributed by atoms with Gasteiger partial charge in [-0.25, -0.2) is 0 Å². The van der Waals surface area contributed by atoms with Crippen LogP contribution in [-0.4, -0.2) is 12.6 Å². The molecule has 0 saturated heterocycles. The van der Waals surface area contributed by atoms with Crippen LogP contribution in [0.4, 0.5) is 12.9 Å². The molecule has 0 aliphatic carbocycles. The molecule has 0 unspecified atom stereocenters. The van der Waals surface area contributed by atoms with Gasteiger partial charge in [0.25, 0.3) is 0 Å². The van der Waals surface area contributed by atoms with Crippen molar-refractivity contribution in [3.05, 3.63) is 29.3 Å². The van der Waals surface area contributed by atoms with E-state index in [1.165, 1.54) is 0 Å². The van der Waals surface area contributed by atoms with E-state index in [0.29, 0.717) is 9.92 Å². The van der Waals surface area contributed by atoms with E-state index in [1.807, 2.05) is 0 Å². The highest BCUT2D eigenvalue weighted by Gasteiger charge is 2.23. The SMILES string of the molecule is F[B-](F)(F)CSc1ccccc1Cl. The molecule has 0 saturated carbocycles. The molecule has 0 aliphatic rings. The monoisotopic (exact) mass is 225 g/mol. The molecule has 1 rings (SSSR count). The molecule has 0 bridgehead atoms. The molecular weight excluding hydrogens is 219 g/mol. The van der Waals surface area contributed by atoms with E-state index in [1.54, 1.807) is 24.3 Å². The number of halogens is 4. The first kappa shape index (κ1) is 10.8. The number of hydrogen-bond acceptors (Lipinski definition) is 1. The summed E-state index contributed by atoms with van der Waals surface area (Å²) in [5.41, 5.74) is -0.844. The van der Waals surface area contributed by atoms with Gasteiger partial charge in [0.05, 0.1) is 5.02 Å². The van der Waals surface area contributed by atoms with Crippen molar-refractivity contribution in [3.8, 4) is 0 Å². The maximum Gasteiger partial charge on any atom is 0.488 e. The Hall–Kier alpha value is -0.285. The maximum atomic E-state index is 11.9.